The van der Waals surface area contributed by atoms with Gasteiger partial charge in [0, 0.05) is 48.7 Å². The summed E-state index contributed by atoms with van der Waals surface area (Å²) in [5.74, 6) is 0.646. The van der Waals surface area contributed by atoms with Crippen LogP contribution in [0.4, 0.5) is 0 Å². The Morgan fingerprint density at radius 1 is 1.17 bits per heavy atom. The number of aromatic nitrogens is 4. The number of piperidine rings is 1. The molecule has 0 saturated carbocycles. The molecule has 5 heterocycles. The van der Waals surface area contributed by atoms with E-state index in [-0.39, 0.29) is 0 Å². The molecule has 3 aromatic rings. The van der Waals surface area contributed by atoms with Crippen LogP contribution >= 0.6 is 0 Å². The molecule has 156 valence electrons. The van der Waals surface area contributed by atoms with Crippen molar-refractivity contribution in [1.82, 2.24) is 29.6 Å². The second-order valence-corrected chi connectivity index (χ2v) is 8.26. The average Bonchev–Trinajstić information content (AvgIpc) is 3.53. The molecule has 0 bridgehead atoms. The van der Waals surface area contributed by atoms with Crippen LogP contribution < -0.4 is 10.1 Å². The molecule has 0 amide bonds. The number of nitrogens with zero attached hydrogens (tertiary/aromatic N) is 6. The highest BCUT2D eigenvalue weighted by molar-refractivity contribution is 5.75. The zero-order chi connectivity index (χ0) is 20.7. The fraction of sp³-hybridized carbons (Fsp3) is 0.500. The molecule has 0 spiro atoms. The quantitative estimate of drug-likeness (QED) is 0.718. The fourth-order valence-corrected chi connectivity index (χ4v) is 4.99. The predicted molar refractivity (Wildman–Crippen MR) is 114 cm³/mol. The molecule has 2 saturated heterocycles. The van der Waals surface area contributed by atoms with Crippen molar-refractivity contribution in [2.45, 2.75) is 38.3 Å². The topological polar surface area (TPSA) is 83.4 Å². The van der Waals surface area contributed by atoms with Crippen molar-refractivity contribution in [1.29, 1.82) is 5.26 Å². The van der Waals surface area contributed by atoms with Gasteiger partial charge in [0.2, 0.25) is 0 Å². The maximum absolute atomic E-state index is 9.33. The molecule has 2 fully saturated rings. The van der Waals surface area contributed by atoms with Gasteiger partial charge in [-0.2, -0.15) is 15.5 Å². The molecule has 1 N–H and O–H groups in total. The highest BCUT2D eigenvalue weighted by Gasteiger charge is 2.29. The van der Waals surface area contributed by atoms with E-state index >= 15 is 0 Å². The minimum Gasteiger partial charge on any atom is -0.494 e. The maximum atomic E-state index is 9.33. The van der Waals surface area contributed by atoms with Gasteiger partial charge in [-0.1, -0.05) is 0 Å². The summed E-state index contributed by atoms with van der Waals surface area (Å²) in [6, 6.07) is 5.29. The van der Waals surface area contributed by atoms with E-state index in [1.165, 1.54) is 6.42 Å². The average molecular weight is 406 g/mol. The number of nitrogens with one attached hydrogen (secondary N) is 1. The van der Waals surface area contributed by atoms with Crippen LogP contribution in [0.5, 0.6) is 5.75 Å². The lowest BCUT2D eigenvalue weighted by Crippen LogP contribution is -2.43. The number of hydrogen-bond donors (Lipinski definition) is 1. The van der Waals surface area contributed by atoms with E-state index in [0.717, 1.165) is 55.8 Å². The molecule has 3 aromatic heterocycles. The maximum Gasteiger partial charge on any atom is 0.146 e. The number of nitriles is 1. The molecule has 8 heteroatoms. The fourth-order valence-electron chi connectivity index (χ4n) is 4.99. The van der Waals surface area contributed by atoms with Crippen molar-refractivity contribution in [3.8, 4) is 22.9 Å². The third kappa shape index (κ3) is 3.15. The van der Waals surface area contributed by atoms with Crippen molar-refractivity contribution >= 4 is 5.52 Å². The molecule has 2 aliphatic rings. The van der Waals surface area contributed by atoms with Crippen molar-refractivity contribution in [3.63, 3.8) is 0 Å². The minimum atomic E-state index is 0.435. The van der Waals surface area contributed by atoms with Gasteiger partial charge in [-0.3, -0.25) is 9.58 Å². The Morgan fingerprint density at radius 2 is 2.00 bits per heavy atom. The largest absolute Gasteiger partial charge is 0.494 e. The molecule has 0 aliphatic carbocycles. The van der Waals surface area contributed by atoms with Gasteiger partial charge in [0.05, 0.1) is 25.5 Å². The molecule has 5 rings (SSSR count). The summed E-state index contributed by atoms with van der Waals surface area (Å²) in [5.41, 5.74) is 4.43. The van der Waals surface area contributed by atoms with Crippen molar-refractivity contribution < 1.29 is 4.74 Å². The van der Waals surface area contributed by atoms with Gasteiger partial charge in [-0.05, 0) is 38.8 Å². The van der Waals surface area contributed by atoms with Crippen LogP contribution in [0.1, 0.15) is 36.6 Å². The third-order valence-electron chi connectivity index (χ3n) is 6.67. The lowest BCUT2D eigenvalue weighted by atomic mass is 10.0. The van der Waals surface area contributed by atoms with E-state index < -0.39 is 0 Å². The van der Waals surface area contributed by atoms with Gasteiger partial charge >= 0.3 is 0 Å². The number of rotatable bonds is 4. The normalized spacial score (nSPS) is 20.6. The van der Waals surface area contributed by atoms with Crippen LogP contribution in [-0.2, 0) is 0 Å². The number of methoxy groups -OCH3 is 1. The first-order chi connectivity index (χ1) is 14.7. The van der Waals surface area contributed by atoms with Crippen LogP contribution in [-0.4, -0.2) is 63.6 Å². The van der Waals surface area contributed by atoms with Crippen molar-refractivity contribution in [3.05, 3.63) is 35.9 Å². The molecule has 8 nitrogen and oxygen atoms in total. The molecular formula is C22H27N7O. The minimum absolute atomic E-state index is 0.435. The van der Waals surface area contributed by atoms with Gasteiger partial charge in [0.25, 0.3) is 0 Å². The summed E-state index contributed by atoms with van der Waals surface area (Å²) in [4.78, 5) is 2.64. The van der Waals surface area contributed by atoms with E-state index in [9.17, 15) is 5.26 Å². The molecule has 0 radical (unpaired) electrons. The first kappa shape index (κ1) is 19.1. The Labute approximate surface area is 176 Å². The van der Waals surface area contributed by atoms with E-state index in [1.807, 2.05) is 18.5 Å². The summed E-state index contributed by atoms with van der Waals surface area (Å²) in [5, 5.41) is 21.9. The molecule has 0 unspecified atom stereocenters. The number of likely N-dealkylation sites (tertiary alicyclic amines) is 1. The highest BCUT2D eigenvalue weighted by atomic mass is 16.5. The number of hydrogen-bond acceptors (Lipinski definition) is 6. The summed E-state index contributed by atoms with van der Waals surface area (Å²) in [6.07, 6.45) is 8.99. The summed E-state index contributed by atoms with van der Waals surface area (Å²) >= 11 is 0. The van der Waals surface area contributed by atoms with Gasteiger partial charge in [-0.15, -0.1) is 0 Å². The van der Waals surface area contributed by atoms with E-state index in [1.54, 1.807) is 17.8 Å². The van der Waals surface area contributed by atoms with E-state index in [4.69, 9.17) is 9.84 Å². The second kappa shape index (κ2) is 7.74. The standard InChI is InChI=1S/C22H27N7O/c1-15-20(16-9-21(30-2)22-17(10-23)11-25-28(22)14-16)13-26-29(15)18-4-7-27(8-5-18)19-3-6-24-12-19/h9,11,13-14,18-19,24H,3-8,12H2,1-2H3/t19-/m1/s1. The van der Waals surface area contributed by atoms with Crippen LogP contribution in [0, 0.1) is 18.3 Å². The number of pyridine rings is 1. The van der Waals surface area contributed by atoms with Crippen LogP contribution in [0.15, 0.2) is 24.7 Å². The van der Waals surface area contributed by atoms with Gasteiger partial charge in [0.15, 0.2) is 0 Å². The van der Waals surface area contributed by atoms with Gasteiger partial charge < -0.3 is 10.1 Å². The Bertz CT molecular complexity index is 1090. The van der Waals surface area contributed by atoms with Crippen LogP contribution in [0.2, 0.25) is 0 Å². The zero-order valence-electron chi connectivity index (χ0n) is 17.5. The van der Waals surface area contributed by atoms with Crippen LogP contribution in [0.25, 0.3) is 16.6 Å². The highest BCUT2D eigenvalue weighted by Crippen LogP contribution is 2.33. The number of ether oxygens (including phenoxy) is 1. The Hall–Kier alpha value is -2.89. The monoisotopic (exact) mass is 405 g/mol. The molecule has 2 aliphatic heterocycles. The molecule has 30 heavy (non-hydrogen) atoms. The van der Waals surface area contributed by atoms with E-state index in [0.29, 0.717) is 28.9 Å². The Morgan fingerprint density at radius 3 is 2.70 bits per heavy atom. The van der Waals surface area contributed by atoms with Crippen LogP contribution in [0.3, 0.4) is 0 Å². The summed E-state index contributed by atoms with van der Waals surface area (Å²) in [7, 11) is 1.62. The molecule has 1 atom stereocenters. The smallest absolute Gasteiger partial charge is 0.146 e. The lowest BCUT2D eigenvalue weighted by molar-refractivity contribution is 0.138. The van der Waals surface area contributed by atoms with Crippen molar-refractivity contribution in [2.24, 2.45) is 0 Å². The summed E-state index contributed by atoms with van der Waals surface area (Å²) in [6.45, 7) is 6.67. The van der Waals surface area contributed by atoms with Crippen molar-refractivity contribution in [2.75, 3.05) is 33.3 Å². The zero-order valence-corrected chi connectivity index (χ0v) is 17.5. The SMILES string of the molecule is COc1cc(-c2cnn(C3CCN([C@@H]4CCNC4)CC3)c2C)cn2ncc(C#N)c12. The third-order valence-corrected chi connectivity index (χ3v) is 6.67. The van der Waals surface area contributed by atoms with E-state index in [2.05, 4.69) is 33.0 Å². The second-order valence-electron chi connectivity index (χ2n) is 8.26. The van der Waals surface area contributed by atoms with Gasteiger partial charge in [0.1, 0.15) is 22.9 Å². The lowest BCUT2D eigenvalue weighted by Gasteiger charge is -2.36. The Kier molecular flexibility index (Phi) is 4.93. The first-order valence-electron chi connectivity index (χ1n) is 10.6. The molecular weight excluding hydrogens is 378 g/mol. The first-order valence-corrected chi connectivity index (χ1v) is 10.6. The predicted octanol–water partition coefficient (Wildman–Crippen LogP) is 2.39. The number of fused-ring (bicyclic) bond motifs is 1. The Balaban J connectivity index is 1.41. The summed E-state index contributed by atoms with van der Waals surface area (Å²) < 4.78 is 9.48. The van der Waals surface area contributed by atoms with Gasteiger partial charge in [-0.25, -0.2) is 4.52 Å². The molecule has 0 aromatic carbocycles.